The molecule has 1 atom stereocenters. The van der Waals surface area contributed by atoms with Crippen molar-refractivity contribution >= 4 is 0 Å². The average molecular weight is 267 g/mol. The second kappa shape index (κ2) is 8.91. The van der Waals surface area contributed by atoms with Gasteiger partial charge in [0.2, 0.25) is 0 Å². The van der Waals surface area contributed by atoms with E-state index in [0.29, 0.717) is 19.8 Å². The minimum atomic E-state index is -0.513. The monoisotopic (exact) mass is 267 g/mol. The molecule has 4 heteroatoms. The van der Waals surface area contributed by atoms with Crippen molar-refractivity contribution in [3.63, 3.8) is 0 Å². The van der Waals surface area contributed by atoms with E-state index in [2.05, 4.69) is 5.32 Å². The van der Waals surface area contributed by atoms with Crippen molar-refractivity contribution in [3.8, 4) is 5.75 Å². The van der Waals surface area contributed by atoms with E-state index in [-0.39, 0.29) is 0 Å². The van der Waals surface area contributed by atoms with Crippen LogP contribution < -0.4 is 10.1 Å². The maximum atomic E-state index is 9.82. The molecule has 0 aromatic heterocycles. The van der Waals surface area contributed by atoms with Crippen LogP contribution >= 0.6 is 0 Å². The predicted molar refractivity (Wildman–Crippen MR) is 76.8 cm³/mol. The second-order valence-corrected chi connectivity index (χ2v) is 4.59. The number of para-hydroxylation sites is 1. The van der Waals surface area contributed by atoms with E-state index in [9.17, 15) is 5.11 Å². The van der Waals surface area contributed by atoms with Gasteiger partial charge < -0.3 is 19.9 Å². The van der Waals surface area contributed by atoms with E-state index in [1.807, 2.05) is 39.0 Å². The topological polar surface area (TPSA) is 50.7 Å². The van der Waals surface area contributed by atoms with Gasteiger partial charge in [0, 0.05) is 19.7 Å². The van der Waals surface area contributed by atoms with Gasteiger partial charge >= 0.3 is 0 Å². The Morgan fingerprint density at radius 2 is 1.95 bits per heavy atom. The van der Waals surface area contributed by atoms with Crippen LogP contribution in [-0.2, 0) is 4.74 Å². The first kappa shape index (κ1) is 16.0. The van der Waals surface area contributed by atoms with Gasteiger partial charge in [-0.3, -0.25) is 0 Å². The van der Waals surface area contributed by atoms with Crippen molar-refractivity contribution in [3.05, 3.63) is 29.3 Å². The van der Waals surface area contributed by atoms with E-state index in [4.69, 9.17) is 9.47 Å². The number of aryl methyl sites for hydroxylation is 2. The maximum absolute atomic E-state index is 9.82. The molecule has 0 saturated heterocycles. The highest BCUT2D eigenvalue weighted by Crippen LogP contribution is 2.22. The fraction of sp³-hybridized carbons (Fsp3) is 0.600. The van der Waals surface area contributed by atoms with Gasteiger partial charge in [-0.05, 0) is 31.9 Å². The van der Waals surface area contributed by atoms with Crippen LogP contribution in [0, 0.1) is 13.8 Å². The number of nitrogens with one attached hydrogen (secondary N) is 1. The zero-order chi connectivity index (χ0) is 14.1. The smallest absolute Gasteiger partial charge is 0.125 e. The number of ether oxygens (including phenoxy) is 2. The third-order valence-electron chi connectivity index (χ3n) is 2.84. The summed E-state index contributed by atoms with van der Waals surface area (Å²) in [5.74, 6) is 0.871. The van der Waals surface area contributed by atoms with Crippen LogP contribution in [0.4, 0.5) is 0 Å². The normalized spacial score (nSPS) is 12.4. The maximum Gasteiger partial charge on any atom is 0.125 e. The summed E-state index contributed by atoms with van der Waals surface area (Å²) in [6.45, 7) is 8.93. The molecule has 0 radical (unpaired) electrons. The van der Waals surface area contributed by atoms with Crippen LogP contribution in [0.25, 0.3) is 0 Å². The van der Waals surface area contributed by atoms with E-state index in [0.717, 1.165) is 30.0 Å². The quantitative estimate of drug-likeness (QED) is 0.668. The summed E-state index contributed by atoms with van der Waals surface area (Å²) in [6.07, 6.45) is -0.513. The minimum Gasteiger partial charge on any atom is -0.490 e. The predicted octanol–water partition coefficient (Wildman–Crippen LogP) is 1.67. The number of aliphatic hydroxyl groups is 1. The summed E-state index contributed by atoms with van der Waals surface area (Å²) < 4.78 is 10.9. The fourth-order valence-electron chi connectivity index (χ4n) is 1.82. The number of hydrogen-bond donors (Lipinski definition) is 2. The third kappa shape index (κ3) is 6.05. The van der Waals surface area contributed by atoms with Gasteiger partial charge in [-0.2, -0.15) is 0 Å². The summed E-state index contributed by atoms with van der Waals surface area (Å²) >= 11 is 0. The molecule has 0 bridgehead atoms. The SMILES string of the molecule is CCOCCNCC(O)COc1c(C)cccc1C. The summed E-state index contributed by atoms with van der Waals surface area (Å²) in [5.41, 5.74) is 2.19. The van der Waals surface area contributed by atoms with Crippen LogP contribution in [0.15, 0.2) is 18.2 Å². The van der Waals surface area contributed by atoms with Crippen molar-refractivity contribution in [1.82, 2.24) is 5.32 Å². The minimum absolute atomic E-state index is 0.299. The van der Waals surface area contributed by atoms with Crippen LogP contribution in [0.3, 0.4) is 0 Å². The number of benzene rings is 1. The molecule has 0 saturated carbocycles. The first-order chi connectivity index (χ1) is 9.15. The molecular formula is C15H25NO3. The Bertz CT molecular complexity index is 348. The Kier molecular flexibility index (Phi) is 7.48. The van der Waals surface area contributed by atoms with Crippen LogP contribution in [0.5, 0.6) is 5.75 Å². The van der Waals surface area contributed by atoms with Crippen LogP contribution in [-0.4, -0.2) is 44.1 Å². The lowest BCUT2D eigenvalue weighted by Crippen LogP contribution is -2.33. The largest absolute Gasteiger partial charge is 0.490 e. The highest BCUT2D eigenvalue weighted by atomic mass is 16.5. The van der Waals surface area contributed by atoms with Gasteiger partial charge in [0.25, 0.3) is 0 Å². The van der Waals surface area contributed by atoms with E-state index < -0.39 is 6.10 Å². The average Bonchev–Trinajstić information content (AvgIpc) is 2.38. The Hall–Kier alpha value is -1.10. The molecule has 0 fully saturated rings. The number of hydrogen-bond acceptors (Lipinski definition) is 4. The lowest BCUT2D eigenvalue weighted by Gasteiger charge is -2.16. The van der Waals surface area contributed by atoms with Crippen molar-refractivity contribution in [1.29, 1.82) is 0 Å². The molecule has 0 aliphatic carbocycles. The van der Waals surface area contributed by atoms with Crippen molar-refractivity contribution < 1.29 is 14.6 Å². The molecule has 1 aromatic carbocycles. The summed E-state index contributed by atoms with van der Waals surface area (Å²) in [4.78, 5) is 0. The molecule has 0 aliphatic heterocycles. The first-order valence-corrected chi connectivity index (χ1v) is 6.80. The zero-order valence-electron chi connectivity index (χ0n) is 12.1. The van der Waals surface area contributed by atoms with Gasteiger partial charge in [-0.1, -0.05) is 18.2 Å². The molecule has 1 unspecified atom stereocenters. The van der Waals surface area contributed by atoms with Gasteiger partial charge in [0.05, 0.1) is 6.61 Å². The molecule has 0 spiro atoms. The molecule has 0 heterocycles. The Labute approximate surface area is 115 Å². The van der Waals surface area contributed by atoms with Gasteiger partial charge in [0.15, 0.2) is 0 Å². The van der Waals surface area contributed by atoms with Crippen molar-refractivity contribution in [2.24, 2.45) is 0 Å². The summed E-state index contributed by atoms with van der Waals surface area (Å²) in [7, 11) is 0. The van der Waals surface area contributed by atoms with Crippen molar-refractivity contribution in [2.45, 2.75) is 26.9 Å². The first-order valence-electron chi connectivity index (χ1n) is 6.80. The molecule has 19 heavy (non-hydrogen) atoms. The fourth-order valence-corrected chi connectivity index (χ4v) is 1.82. The Morgan fingerprint density at radius 1 is 1.26 bits per heavy atom. The number of rotatable bonds is 9. The molecule has 1 aromatic rings. The lowest BCUT2D eigenvalue weighted by atomic mass is 10.1. The molecule has 4 nitrogen and oxygen atoms in total. The highest BCUT2D eigenvalue weighted by Gasteiger charge is 2.08. The molecule has 0 aliphatic rings. The summed E-state index contributed by atoms with van der Waals surface area (Å²) in [6, 6.07) is 6.02. The molecule has 2 N–H and O–H groups in total. The van der Waals surface area contributed by atoms with Gasteiger partial charge in [0.1, 0.15) is 18.5 Å². The zero-order valence-corrected chi connectivity index (χ0v) is 12.1. The molecule has 108 valence electrons. The van der Waals surface area contributed by atoms with Crippen LogP contribution in [0.1, 0.15) is 18.1 Å². The summed E-state index contributed by atoms with van der Waals surface area (Å²) in [5, 5.41) is 13.0. The molecule has 0 amide bonds. The standard InChI is InChI=1S/C15H25NO3/c1-4-18-9-8-16-10-14(17)11-19-15-12(2)6-5-7-13(15)3/h5-7,14,16-17H,4,8-11H2,1-3H3. The third-order valence-corrected chi connectivity index (χ3v) is 2.84. The van der Waals surface area contributed by atoms with Crippen molar-refractivity contribution in [2.75, 3.05) is 32.9 Å². The Morgan fingerprint density at radius 3 is 2.58 bits per heavy atom. The second-order valence-electron chi connectivity index (χ2n) is 4.59. The van der Waals surface area contributed by atoms with E-state index in [1.54, 1.807) is 0 Å². The highest BCUT2D eigenvalue weighted by molar-refractivity contribution is 5.39. The van der Waals surface area contributed by atoms with Crippen LogP contribution in [0.2, 0.25) is 0 Å². The van der Waals surface area contributed by atoms with E-state index in [1.165, 1.54) is 0 Å². The lowest BCUT2D eigenvalue weighted by molar-refractivity contribution is 0.0998. The molecular weight excluding hydrogens is 242 g/mol. The van der Waals surface area contributed by atoms with Gasteiger partial charge in [-0.15, -0.1) is 0 Å². The van der Waals surface area contributed by atoms with E-state index >= 15 is 0 Å². The number of aliphatic hydroxyl groups excluding tert-OH is 1. The Balaban J connectivity index is 2.24. The molecule has 1 rings (SSSR count). The van der Waals surface area contributed by atoms with Gasteiger partial charge in [-0.25, -0.2) is 0 Å².